The SMILES string of the molecule is C=C(NC(C)C)/C(C)=C/C1=C(OCC2CC2)CCCC1C. The maximum Gasteiger partial charge on any atom is 0.0994 e. The van der Waals surface area contributed by atoms with Crippen molar-refractivity contribution in [2.45, 2.75) is 65.8 Å². The first kappa shape index (κ1) is 16.2. The Hall–Kier alpha value is -1.18. The van der Waals surface area contributed by atoms with E-state index in [1.54, 1.807) is 0 Å². The molecule has 2 heteroatoms. The minimum atomic E-state index is 0.421. The molecule has 1 unspecified atom stereocenters. The van der Waals surface area contributed by atoms with Gasteiger partial charge in [0, 0.05) is 18.2 Å². The summed E-state index contributed by atoms with van der Waals surface area (Å²) in [6.45, 7) is 13.8. The van der Waals surface area contributed by atoms with Crippen LogP contribution in [0.1, 0.15) is 59.8 Å². The molecule has 0 spiro atoms. The van der Waals surface area contributed by atoms with Gasteiger partial charge in [-0.25, -0.2) is 0 Å². The van der Waals surface area contributed by atoms with E-state index in [0.717, 1.165) is 24.6 Å². The molecule has 0 aromatic rings. The van der Waals surface area contributed by atoms with Gasteiger partial charge in [0.05, 0.1) is 12.4 Å². The second kappa shape index (κ2) is 7.20. The van der Waals surface area contributed by atoms with E-state index < -0.39 is 0 Å². The molecular weight excluding hydrogens is 258 g/mol. The van der Waals surface area contributed by atoms with Crippen molar-refractivity contribution >= 4 is 0 Å². The molecule has 0 amide bonds. The zero-order valence-electron chi connectivity index (χ0n) is 14.2. The molecule has 2 aliphatic rings. The fourth-order valence-corrected chi connectivity index (χ4v) is 2.81. The first-order valence-electron chi connectivity index (χ1n) is 8.47. The molecule has 1 saturated carbocycles. The minimum Gasteiger partial charge on any atom is -0.497 e. The molecule has 0 aromatic carbocycles. The van der Waals surface area contributed by atoms with Crippen LogP contribution in [0, 0.1) is 11.8 Å². The van der Waals surface area contributed by atoms with Gasteiger partial charge in [0.1, 0.15) is 0 Å². The quantitative estimate of drug-likeness (QED) is 0.670. The summed E-state index contributed by atoms with van der Waals surface area (Å²) >= 11 is 0. The Bertz CT molecular complexity index is 440. The highest BCUT2D eigenvalue weighted by atomic mass is 16.5. The molecule has 118 valence electrons. The van der Waals surface area contributed by atoms with Gasteiger partial charge in [-0.2, -0.15) is 0 Å². The van der Waals surface area contributed by atoms with Gasteiger partial charge in [-0.3, -0.25) is 0 Å². The molecule has 2 rings (SSSR count). The van der Waals surface area contributed by atoms with Crippen LogP contribution >= 0.6 is 0 Å². The van der Waals surface area contributed by atoms with Gasteiger partial charge < -0.3 is 10.1 Å². The van der Waals surface area contributed by atoms with E-state index in [1.807, 2.05) is 0 Å². The molecule has 0 aliphatic heterocycles. The molecule has 2 aliphatic carbocycles. The van der Waals surface area contributed by atoms with Crippen LogP contribution in [-0.4, -0.2) is 12.6 Å². The van der Waals surface area contributed by atoms with Gasteiger partial charge in [0.2, 0.25) is 0 Å². The third-order valence-corrected chi connectivity index (χ3v) is 4.39. The smallest absolute Gasteiger partial charge is 0.0994 e. The molecule has 0 aromatic heterocycles. The van der Waals surface area contributed by atoms with Crippen molar-refractivity contribution in [2.24, 2.45) is 11.8 Å². The summed E-state index contributed by atoms with van der Waals surface area (Å²) in [7, 11) is 0. The van der Waals surface area contributed by atoms with Crippen LogP contribution in [0.15, 0.2) is 35.3 Å². The molecule has 1 fully saturated rings. The molecule has 21 heavy (non-hydrogen) atoms. The van der Waals surface area contributed by atoms with Crippen LogP contribution in [0.4, 0.5) is 0 Å². The van der Waals surface area contributed by atoms with Crippen molar-refractivity contribution in [3.63, 3.8) is 0 Å². The van der Waals surface area contributed by atoms with Crippen molar-refractivity contribution < 1.29 is 4.74 Å². The lowest BCUT2D eigenvalue weighted by Gasteiger charge is -2.25. The molecule has 0 saturated heterocycles. The largest absolute Gasteiger partial charge is 0.497 e. The van der Waals surface area contributed by atoms with Crippen LogP contribution in [-0.2, 0) is 4.74 Å². The lowest BCUT2D eigenvalue weighted by Crippen LogP contribution is -2.22. The van der Waals surface area contributed by atoms with Crippen molar-refractivity contribution in [1.29, 1.82) is 0 Å². The Balaban J connectivity index is 2.11. The average molecular weight is 289 g/mol. The third-order valence-electron chi connectivity index (χ3n) is 4.39. The molecule has 1 N–H and O–H groups in total. The van der Waals surface area contributed by atoms with Gasteiger partial charge in [-0.15, -0.1) is 0 Å². The van der Waals surface area contributed by atoms with Crippen molar-refractivity contribution in [3.8, 4) is 0 Å². The van der Waals surface area contributed by atoms with E-state index >= 15 is 0 Å². The highest BCUT2D eigenvalue weighted by Crippen LogP contribution is 2.35. The lowest BCUT2D eigenvalue weighted by molar-refractivity contribution is 0.176. The van der Waals surface area contributed by atoms with Crippen LogP contribution < -0.4 is 5.32 Å². The molecular formula is C19H31NO. The van der Waals surface area contributed by atoms with Crippen molar-refractivity contribution in [1.82, 2.24) is 5.32 Å². The fourth-order valence-electron chi connectivity index (χ4n) is 2.81. The number of nitrogens with one attached hydrogen (secondary N) is 1. The fraction of sp³-hybridized carbons (Fsp3) is 0.684. The predicted octanol–water partition coefficient (Wildman–Crippen LogP) is 4.95. The maximum absolute atomic E-state index is 6.14. The van der Waals surface area contributed by atoms with Crippen LogP contribution in [0.2, 0.25) is 0 Å². The van der Waals surface area contributed by atoms with Crippen LogP contribution in [0.5, 0.6) is 0 Å². The lowest BCUT2D eigenvalue weighted by atomic mass is 9.86. The first-order chi connectivity index (χ1) is 9.97. The highest BCUT2D eigenvalue weighted by molar-refractivity contribution is 5.36. The van der Waals surface area contributed by atoms with E-state index in [1.165, 1.54) is 42.6 Å². The Labute approximate surface area is 130 Å². The average Bonchev–Trinajstić information content (AvgIpc) is 3.22. The van der Waals surface area contributed by atoms with Crippen molar-refractivity contribution in [3.05, 3.63) is 35.3 Å². The molecule has 0 heterocycles. The summed E-state index contributed by atoms with van der Waals surface area (Å²) in [6.07, 6.45) is 8.61. The zero-order chi connectivity index (χ0) is 15.4. The Morgan fingerprint density at radius 1 is 1.38 bits per heavy atom. The van der Waals surface area contributed by atoms with Crippen LogP contribution in [0.3, 0.4) is 0 Å². The second-order valence-electron chi connectivity index (χ2n) is 7.03. The first-order valence-corrected chi connectivity index (χ1v) is 8.47. The summed E-state index contributed by atoms with van der Waals surface area (Å²) < 4.78 is 6.14. The van der Waals surface area contributed by atoms with E-state index in [0.29, 0.717) is 12.0 Å². The minimum absolute atomic E-state index is 0.421. The normalized spacial score (nSPS) is 23.5. The topological polar surface area (TPSA) is 21.3 Å². The second-order valence-corrected chi connectivity index (χ2v) is 7.03. The van der Waals surface area contributed by atoms with E-state index in [-0.39, 0.29) is 0 Å². The number of hydrogen-bond acceptors (Lipinski definition) is 2. The van der Waals surface area contributed by atoms with E-state index in [4.69, 9.17) is 4.74 Å². The molecule has 1 atom stereocenters. The predicted molar refractivity (Wildman–Crippen MR) is 89.9 cm³/mol. The van der Waals surface area contributed by atoms with E-state index in [9.17, 15) is 0 Å². The van der Waals surface area contributed by atoms with Crippen LogP contribution in [0.25, 0.3) is 0 Å². The number of hydrogen-bond donors (Lipinski definition) is 1. The standard InChI is InChI=1S/C19H31NO/c1-13(2)20-16(5)15(4)11-18-14(3)7-6-8-19(18)21-12-17-9-10-17/h11,13-14,17,20H,5-10,12H2,1-4H3/b15-11+. The number of allylic oxidation sites excluding steroid dienone is 4. The summed E-state index contributed by atoms with van der Waals surface area (Å²) in [5.74, 6) is 2.64. The van der Waals surface area contributed by atoms with Gasteiger partial charge in [0.25, 0.3) is 0 Å². The van der Waals surface area contributed by atoms with Gasteiger partial charge in [0.15, 0.2) is 0 Å². The Morgan fingerprint density at radius 3 is 2.71 bits per heavy atom. The molecule has 2 nitrogen and oxygen atoms in total. The Morgan fingerprint density at radius 2 is 2.10 bits per heavy atom. The summed E-state index contributed by atoms with van der Waals surface area (Å²) in [4.78, 5) is 0. The summed E-state index contributed by atoms with van der Waals surface area (Å²) in [6, 6.07) is 0.421. The number of ether oxygens (including phenoxy) is 1. The third kappa shape index (κ3) is 4.94. The summed E-state index contributed by atoms with van der Waals surface area (Å²) in [5.41, 5.74) is 3.64. The zero-order valence-corrected chi connectivity index (χ0v) is 14.2. The van der Waals surface area contributed by atoms with Gasteiger partial charge in [-0.05, 0) is 69.4 Å². The Kier molecular flexibility index (Phi) is 5.55. The number of rotatable bonds is 7. The molecule has 0 radical (unpaired) electrons. The molecule has 0 bridgehead atoms. The summed E-state index contributed by atoms with van der Waals surface area (Å²) in [5, 5.41) is 3.40. The van der Waals surface area contributed by atoms with Gasteiger partial charge in [-0.1, -0.05) is 19.6 Å². The van der Waals surface area contributed by atoms with Crippen molar-refractivity contribution in [2.75, 3.05) is 6.61 Å². The monoisotopic (exact) mass is 289 g/mol. The maximum atomic E-state index is 6.14. The van der Waals surface area contributed by atoms with E-state index in [2.05, 4.69) is 45.7 Å². The van der Waals surface area contributed by atoms with Gasteiger partial charge >= 0.3 is 0 Å². The highest BCUT2D eigenvalue weighted by Gasteiger charge is 2.25.